The zero-order valence-corrected chi connectivity index (χ0v) is 14.7. The van der Waals surface area contributed by atoms with Crippen LogP contribution in [0.3, 0.4) is 0 Å². The number of hydrogen-bond donors (Lipinski definition) is 0. The third kappa shape index (κ3) is 5.64. The first-order valence-electron chi connectivity index (χ1n) is 9.29. The number of halogens is 4. The predicted octanol–water partition coefficient (Wildman–Crippen LogP) is 6.19. The van der Waals surface area contributed by atoms with Gasteiger partial charge in [-0.3, -0.25) is 0 Å². The fourth-order valence-corrected chi connectivity index (χ4v) is 3.00. The Morgan fingerprint density at radius 1 is 1.12 bits per heavy atom. The third-order valence-electron chi connectivity index (χ3n) is 4.98. The number of benzene rings is 1. The van der Waals surface area contributed by atoms with E-state index in [-0.39, 0.29) is 17.9 Å². The average molecular weight is 372 g/mol. The van der Waals surface area contributed by atoms with Crippen LogP contribution in [-0.2, 0) is 6.42 Å². The molecule has 3 rings (SSSR count). The van der Waals surface area contributed by atoms with E-state index in [4.69, 9.17) is 4.74 Å². The highest BCUT2D eigenvalue weighted by atomic mass is 19.4. The van der Waals surface area contributed by atoms with E-state index in [1.807, 2.05) is 6.08 Å². The number of hydrogen-bond acceptors (Lipinski definition) is 2. The Hall–Kier alpha value is -1.72. The first kappa shape index (κ1) is 19.1. The molecule has 0 amide bonds. The zero-order valence-electron chi connectivity index (χ0n) is 14.7. The van der Waals surface area contributed by atoms with Gasteiger partial charge < -0.3 is 9.47 Å². The van der Waals surface area contributed by atoms with Gasteiger partial charge in [-0.05, 0) is 55.6 Å². The molecule has 0 N–H and O–H groups in total. The van der Waals surface area contributed by atoms with E-state index in [1.54, 1.807) is 0 Å². The molecule has 0 aromatic heterocycles. The third-order valence-corrected chi connectivity index (χ3v) is 4.98. The summed E-state index contributed by atoms with van der Waals surface area (Å²) < 4.78 is 61.9. The Morgan fingerprint density at radius 2 is 1.88 bits per heavy atom. The molecular weight excluding hydrogens is 348 g/mol. The minimum absolute atomic E-state index is 0.186. The Bertz CT molecular complexity index is 631. The van der Waals surface area contributed by atoms with Crippen LogP contribution in [0.5, 0.6) is 11.5 Å². The Balaban J connectivity index is 1.65. The van der Waals surface area contributed by atoms with Gasteiger partial charge in [0.1, 0.15) is 0 Å². The maximum atomic E-state index is 14.6. The van der Waals surface area contributed by atoms with Crippen LogP contribution >= 0.6 is 0 Å². The summed E-state index contributed by atoms with van der Waals surface area (Å²) >= 11 is 0. The second kappa shape index (κ2) is 8.31. The summed E-state index contributed by atoms with van der Waals surface area (Å²) in [6.07, 6.45) is 6.66. The second-order valence-corrected chi connectivity index (χ2v) is 7.15. The van der Waals surface area contributed by atoms with Gasteiger partial charge in [-0.25, -0.2) is 4.39 Å². The Labute approximate surface area is 151 Å². The summed E-state index contributed by atoms with van der Waals surface area (Å²) in [4.78, 5) is 0. The van der Waals surface area contributed by atoms with Crippen molar-refractivity contribution in [1.29, 1.82) is 0 Å². The van der Waals surface area contributed by atoms with E-state index in [2.05, 4.69) is 10.8 Å². The lowest BCUT2D eigenvalue weighted by molar-refractivity contribution is -0.276. The number of ether oxygens (including phenoxy) is 2. The molecule has 2 nitrogen and oxygen atoms in total. The first-order valence-corrected chi connectivity index (χ1v) is 9.29. The fourth-order valence-electron chi connectivity index (χ4n) is 3.00. The van der Waals surface area contributed by atoms with Gasteiger partial charge in [0, 0.05) is 0 Å². The molecule has 0 unspecified atom stereocenters. The maximum absolute atomic E-state index is 14.6. The van der Waals surface area contributed by atoms with Crippen molar-refractivity contribution in [3.8, 4) is 11.5 Å². The van der Waals surface area contributed by atoms with Gasteiger partial charge in [-0.1, -0.05) is 37.5 Å². The predicted molar refractivity (Wildman–Crippen MR) is 90.7 cm³/mol. The van der Waals surface area contributed by atoms with Crippen LogP contribution in [0.4, 0.5) is 17.6 Å². The van der Waals surface area contributed by atoms with Crippen LogP contribution in [0.2, 0.25) is 0 Å². The van der Waals surface area contributed by atoms with Crippen LogP contribution in [0, 0.1) is 17.7 Å². The highest BCUT2D eigenvalue weighted by molar-refractivity contribution is 5.45. The van der Waals surface area contributed by atoms with E-state index in [1.165, 1.54) is 31.4 Å². The molecule has 0 aliphatic heterocycles. The Morgan fingerprint density at radius 3 is 2.50 bits per heavy atom. The lowest BCUT2D eigenvalue weighted by Gasteiger charge is -2.21. The van der Waals surface area contributed by atoms with Gasteiger partial charge in [0.15, 0.2) is 11.6 Å². The van der Waals surface area contributed by atoms with E-state index in [0.29, 0.717) is 24.7 Å². The molecule has 0 bridgehead atoms. The van der Waals surface area contributed by atoms with Gasteiger partial charge in [0.25, 0.3) is 0 Å². The number of alkyl halides is 3. The van der Waals surface area contributed by atoms with Crippen molar-refractivity contribution in [1.82, 2.24) is 0 Å². The van der Waals surface area contributed by atoms with E-state index in [9.17, 15) is 17.6 Å². The quantitative estimate of drug-likeness (QED) is 0.380. The van der Waals surface area contributed by atoms with Crippen LogP contribution in [-0.4, -0.2) is 13.0 Å². The molecule has 6 heteroatoms. The molecule has 144 valence electrons. The molecule has 1 aromatic rings. The van der Waals surface area contributed by atoms with Crippen molar-refractivity contribution in [3.63, 3.8) is 0 Å². The molecule has 0 saturated heterocycles. The minimum Gasteiger partial charge on any atom is -0.490 e. The van der Waals surface area contributed by atoms with Crippen molar-refractivity contribution >= 4 is 0 Å². The van der Waals surface area contributed by atoms with Crippen molar-refractivity contribution in [2.75, 3.05) is 6.61 Å². The molecule has 1 aromatic carbocycles. The van der Waals surface area contributed by atoms with Crippen LogP contribution in [0.1, 0.15) is 50.5 Å². The van der Waals surface area contributed by atoms with Gasteiger partial charge in [0.2, 0.25) is 5.75 Å². The minimum atomic E-state index is -4.96. The summed E-state index contributed by atoms with van der Waals surface area (Å²) in [5.41, 5.74) is 0.206. The monoisotopic (exact) mass is 372 g/mol. The highest BCUT2D eigenvalue weighted by Gasteiger charge is 2.35. The largest absolute Gasteiger partial charge is 0.573 e. The SMILES string of the molecule is Fc1c(CC/C=C/C2CCC2)ccc(OCCC2CC2)c1OC(F)(F)F. The molecule has 0 spiro atoms. The van der Waals surface area contributed by atoms with E-state index < -0.39 is 17.9 Å². The second-order valence-electron chi connectivity index (χ2n) is 7.15. The molecule has 0 heterocycles. The lowest BCUT2D eigenvalue weighted by atomic mass is 9.85. The highest BCUT2D eigenvalue weighted by Crippen LogP contribution is 2.38. The molecule has 2 fully saturated rings. The lowest BCUT2D eigenvalue weighted by Crippen LogP contribution is -2.19. The van der Waals surface area contributed by atoms with Crippen LogP contribution < -0.4 is 9.47 Å². The average Bonchev–Trinajstić information content (AvgIpc) is 3.33. The van der Waals surface area contributed by atoms with Crippen molar-refractivity contribution in [3.05, 3.63) is 35.7 Å². The maximum Gasteiger partial charge on any atom is 0.573 e. The van der Waals surface area contributed by atoms with E-state index in [0.717, 1.165) is 19.3 Å². The smallest absolute Gasteiger partial charge is 0.490 e. The molecule has 0 atom stereocenters. The number of rotatable bonds is 9. The zero-order chi connectivity index (χ0) is 18.6. The van der Waals surface area contributed by atoms with Gasteiger partial charge in [0.05, 0.1) is 6.61 Å². The summed E-state index contributed by atoms with van der Waals surface area (Å²) in [7, 11) is 0. The van der Waals surface area contributed by atoms with Crippen molar-refractivity contribution in [2.24, 2.45) is 11.8 Å². The molecule has 2 saturated carbocycles. The van der Waals surface area contributed by atoms with Gasteiger partial charge in [-0.15, -0.1) is 13.2 Å². The molecular formula is C20H24F4O2. The van der Waals surface area contributed by atoms with Crippen molar-refractivity contribution in [2.45, 2.75) is 57.7 Å². The standard InChI is InChI=1S/C20H24F4O2/c21-18-16(7-2-1-4-14-5-3-6-14)10-11-17(19(18)26-20(22,23)24)25-13-12-15-8-9-15/h1,4,10-11,14-15H,2-3,5-9,12-13H2/b4-1+. The number of allylic oxidation sites excluding steroid dienone is 2. The molecule has 0 radical (unpaired) electrons. The van der Waals surface area contributed by atoms with Gasteiger partial charge in [-0.2, -0.15) is 0 Å². The van der Waals surface area contributed by atoms with E-state index >= 15 is 0 Å². The van der Waals surface area contributed by atoms with Crippen LogP contribution in [0.25, 0.3) is 0 Å². The Kier molecular flexibility index (Phi) is 6.09. The number of aryl methyl sites for hydroxylation is 1. The summed E-state index contributed by atoms with van der Waals surface area (Å²) in [5, 5.41) is 0. The van der Waals surface area contributed by atoms with Crippen LogP contribution in [0.15, 0.2) is 24.3 Å². The molecule has 2 aliphatic carbocycles. The topological polar surface area (TPSA) is 18.5 Å². The fraction of sp³-hybridized carbons (Fsp3) is 0.600. The summed E-state index contributed by atoms with van der Waals surface area (Å²) in [5.74, 6) is -0.842. The molecule has 2 aliphatic rings. The summed E-state index contributed by atoms with van der Waals surface area (Å²) in [6.45, 7) is 0.266. The normalized spacial score (nSPS) is 18.2. The molecule has 26 heavy (non-hydrogen) atoms. The summed E-state index contributed by atoms with van der Waals surface area (Å²) in [6, 6.07) is 2.87. The first-order chi connectivity index (χ1) is 12.4. The van der Waals surface area contributed by atoms with Gasteiger partial charge >= 0.3 is 6.36 Å². The van der Waals surface area contributed by atoms with Crippen molar-refractivity contribution < 1.29 is 27.0 Å².